The van der Waals surface area contributed by atoms with E-state index in [1.807, 2.05) is 6.92 Å². The van der Waals surface area contributed by atoms with Gasteiger partial charge in [-0.05, 0) is 30.7 Å². The SMILES string of the molecule is CCCSc1nc2c(cnn2-c2ccc(S(N)(=O)=O)cc2)c(=O)[nH]1. The number of fused-ring (bicyclic) bond motifs is 1. The number of nitrogens with zero attached hydrogens (tertiary/aromatic N) is 3. The summed E-state index contributed by atoms with van der Waals surface area (Å²) >= 11 is 1.46. The number of nitrogens with one attached hydrogen (secondary N) is 1. The Balaban J connectivity index is 2.09. The first-order valence-electron chi connectivity index (χ1n) is 7.14. The summed E-state index contributed by atoms with van der Waals surface area (Å²) in [5.41, 5.74) is 0.744. The molecule has 2 heterocycles. The molecule has 0 amide bonds. The molecular formula is C14H15N5O3S2. The fourth-order valence-electron chi connectivity index (χ4n) is 2.13. The van der Waals surface area contributed by atoms with E-state index in [2.05, 4.69) is 15.1 Å². The molecule has 0 atom stereocenters. The molecule has 2 aromatic heterocycles. The monoisotopic (exact) mass is 365 g/mol. The maximum absolute atomic E-state index is 12.1. The van der Waals surface area contributed by atoms with E-state index in [0.29, 0.717) is 21.9 Å². The van der Waals surface area contributed by atoms with E-state index in [9.17, 15) is 13.2 Å². The van der Waals surface area contributed by atoms with Crippen LogP contribution in [0.3, 0.4) is 0 Å². The molecular weight excluding hydrogens is 350 g/mol. The van der Waals surface area contributed by atoms with Gasteiger partial charge in [-0.2, -0.15) is 5.10 Å². The van der Waals surface area contributed by atoms with Crippen LogP contribution in [0.25, 0.3) is 16.7 Å². The van der Waals surface area contributed by atoms with Crippen LogP contribution < -0.4 is 10.7 Å². The standard InChI is InChI=1S/C14H15N5O3S2/c1-2-7-23-14-17-12-11(13(20)18-14)8-16-19(12)9-3-5-10(6-4-9)24(15,21)22/h3-6,8H,2,7H2,1H3,(H2,15,21,22)(H,17,18,20). The van der Waals surface area contributed by atoms with Gasteiger partial charge in [-0.25, -0.2) is 23.2 Å². The van der Waals surface area contributed by atoms with Crippen molar-refractivity contribution >= 4 is 32.8 Å². The maximum atomic E-state index is 12.1. The number of sulfonamides is 1. The van der Waals surface area contributed by atoms with E-state index in [1.165, 1.54) is 34.8 Å². The van der Waals surface area contributed by atoms with Crippen LogP contribution in [0.2, 0.25) is 0 Å². The number of hydrogen-bond donors (Lipinski definition) is 2. The number of H-pyrrole nitrogens is 1. The molecule has 0 aliphatic heterocycles. The number of rotatable bonds is 5. The lowest BCUT2D eigenvalue weighted by Crippen LogP contribution is -2.12. The van der Waals surface area contributed by atoms with Crippen molar-refractivity contribution in [2.24, 2.45) is 5.14 Å². The number of benzene rings is 1. The summed E-state index contributed by atoms with van der Waals surface area (Å²) in [6.45, 7) is 2.04. The molecule has 3 rings (SSSR count). The topological polar surface area (TPSA) is 124 Å². The van der Waals surface area contributed by atoms with Gasteiger partial charge in [0.15, 0.2) is 10.8 Å². The van der Waals surface area contributed by atoms with E-state index < -0.39 is 10.0 Å². The summed E-state index contributed by atoms with van der Waals surface area (Å²) in [6, 6.07) is 5.90. The Hall–Kier alpha value is -2.17. The van der Waals surface area contributed by atoms with E-state index in [-0.39, 0.29) is 10.5 Å². The molecule has 10 heteroatoms. The molecule has 0 fully saturated rings. The number of nitrogens with two attached hydrogens (primary N) is 1. The first kappa shape index (κ1) is 16.7. The average Bonchev–Trinajstić information content (AvgIpc) is 2.96. The lowest BCUT2D eigenvalue weighted by atomic mass is 10.3. The van der Waals surface area contributed by atoms with Gasteiger partial charge < -0.3 is 4.98 Å². The normalized spacial score (nSPS) is 11.9. The highest BCUT2D eigenvalue weighted by Gasteiger charge is 2.13. The molecule has 1 aromatic carbocycles. The fraction of sp³-hybridized carbons (Fsp3) is 0.214. The van der Waals surface area contributed by atoms with Gasteiger partial charge >= 0.3 is 0 Å². The predicted molar refractivity (Wildman–Crippen MR) is 91.9 cm³/mol. The quantitative estimate of drug-likeness (QED) is 0.518. The predicted octanol–water partition coefficient (Wildman–Crippen LogP) is 1.26. The zero-order valence-corrected chi connectivity index (χ0v) is 14.4. The lowest BCUT2D eigenvalue weighted by Gasteiger charge is -2.05. The Bertz CT molecular complexity index is 1040. The van der Waals surface area contributed by atoms with Gasteiger partial charge in [0.25, 0.3) is 5.56 Å². The van der Waals surface area contributed by atoms with Gasteiger partial charge in [0, 0.05) is 5.75 Å². The molecule has 0 aliphatic rings. The van der Waals surface area contributed by atoms with Crippen molar-refractivity contribution in [3.05, 3.63) is 40.8 Å². The summed E-state index contributed by atoms with van der Waals surface area (Å²) in [6.07, 6.45) is 2.39. The highest BCUT2D eigenvalue weighted by molar-refractivity contribution is 7.99. The summed E-state index contributed by atoms with van der Waals surface area (Å²) in [5, 5.41) is 10.2. The number of aromatic nitrogens is 4. The number of aromatic amines is 1. The minimum atomic E-state index is -3.76. The van der Waals surface area contributed by atoms with Crippen molar-refractivity contribution in [3.63, 3.8) is 0 Å². The van der Waals surface area contributed by atoms with Gasteiger partial charge in [-0.3, -0.25) is 4.79 Å². The van der Waals surface area contributed by atoms with Crippen LogP contribution in [-0.2, 0) is 10.0 Å². The summed E-state index contributed by atoms with van der Waals surface area (Å²) in [7, 11) is -3.76. The van der Waals surface area contributed by atoms with Crippen molar-refractivity contribution < 1.29 is 8.42 Å². The number of thioether (sulfide) groups is 1. The van der Waals surface area contributed by atoms with Gasteiger partial charge in [-0.1, -0.05) is 18.7 Å². The van der Waals surface area contributed by atoms with Crippen molar-refractivity contribution in [1.82, 2.24) is 19.7 Å². The summed E-state index contributed by atoms with van der Waals surface area (Å²) < 4.78 is 24.1. The van der Waals surface area contributed by atoms with Crippen LogP contribution in [0.5, 0.6) is 0 Å². The molecule has 0 saturated heterocycles. The van der Waals surface area contributed by atoms with Crippen LogP contribution in [0, 0.1) is 0 Å². The Labute approximate surface area is 142 Å². The minimum Gasteiger partial charge on any atom is -0.301 e. The third-order valence-corrected chi connectivity index (χ3v) is 5.28. The molecule has 0 spiro atoms. The van der Waals surface area contributed by atoms with Crippen molar-refractivity contribution in [1.29, 1.82) is 0 Å². The van der Waals surface area contributed by atoms with Gasteiger partial charge in [0.1, 0.15) is 5.39 Å². The molecule has 0 aliphatic carbocycles. The van der Waals surface area contributed by atoms with Crippen LogP contribution in [0.1, 0.15) is 13.3 Å². The second kappa shape index (κ2) is 6.38. The fourth-order valence-corrected chi connectivity index (χ4v) is 3.36. The smallest absolute Gasteiger partial charge is 0.262 e. The second-order valence-corrected chi connectivity index (χ2v) is 7.70. The van der Waals surface area contributed by atoms with E-state index in [1.54, 1.807) is 12.1 Å². The molecule has 126 valence electrons. The highest BCUT2D eigenvalue weighted by Crippen LogP contribution is 2.19. The number of primary sulfonamides is 1. The lowest BCUT2D eigenvalue weighted by molar-refractivity contribution is 0.598. The maximum Gasteiger partial charge on any atom is 0.262 e. The summed E-state index contributed by atoms with van der Waals surface area (Å²) in [4.78, 5) is 19.3. The van der Waals surface area contributed by atoms with Crippen LogP contribution in [0.15, 0.2) is 45.3 Å². The minimum absolute atomic E-state index is 0.00714. The Kier molecular flexibility index (Phi) is 4.43. The Morgan fingerprint density at radius 3 is 2.62 bits per heavy atom. The second-order valence-electron chi connectivity index (χ2n) is 5.05. The first-order valence-corrected chi connectivity index (χ1v) is 9.67. The molecule has 0 unspecified atom stereocenters. The van der Waals surface area contributed by atoms with Crippen molar-refractivity contribution in [2.75, 3.05) is 5.75 Å². The van der Waals surface area contributed by atoms with Gasteiger partial charge in [0.2, 0.25) is 10.0 Å². The molecule has 0 saturated carbocycles. The molecule has 3 N–H and O–H groups in total. The molecule has 0 bridgehead atoms. The van der Waals surface area contributed by atoms with Crippen molar-refractivity contribution in [2.45, 2.75) is 23.4 Å². The van der Waals surface area contributed by atoms with Crippen LogP contribution in [-0.4, -0.2) is 33.9 Å². The van der Waals surface area contributed by atoms with E-state index >= 15 is 0 Å². The first-order chi connectivity index (χ1) is 11.4. The molecule has 0 radical (unpaired) electrons. The highest BCUT2D eigenvalue weighted by atomic mass is 32.2. The zero-order chi connectivity index (χ0) is 17.3. The van der Waals surface area contributed by atoms with Crippen molar-refractivity contribution in [3.8, 4) is 5.69 Å². The Morgan fingerprint density at radius 2 is 2.00 bits per heavy atom. The summed E-state index contributed by atoms with van der Waals surface area (Å²) in [5.74, 6) is 0.839. The largest absolute Gasteiger partial charge is 0.301 e. The third-order valence-electron chi connectivity index (χ3n) is 3.27. The number of hydrogen-bond acceptors (Lipinski definition) is 6. The van der Waals surface area contributed by atoms with Crippen LogP contribution in [0.4, 0.5) is 0 Å². The van der Waals surface area contributed by atoms with Gasteiger partial charge in [0.05, 0.1) is 16.8 Å². The van der Waals surface area contributed by atoms with E-state index in [0.717, 1.165) is 12.2 Å². The third kappa shape index (κ3) is 3.21. The van der Waals surface area contributed by atoms with E-state index in [4.69, 9.17) is 5.14 Å². The average molecular weight is 365 g/mol. The molecule has 24 heavy (non-hydrogen) atoms. The van der Waals surface area contributed by atoms with Crippen LogP contribution >= 0.6 is 11.8 Å². The molecule has 8 nitrogen and oxygen atoms in total. The van der Waals surface area contributed by atoms with Gasteiger partial charge in [-0.15, -0.1) is 0 Å². The Morgan fingerprint density at radius 1 is 1.29 bits per heavy atom. The molecule has 3 aromatic rings. The zero-order valence-electron chi connectivity index (χ0n) is 12.8.